The number of hydrogen-bond acceptors (Lipinski definition) is 4. The number of hydrogen-bond donors (Lipinski definition) is 1. The zero-order valence-corrected chi connectivity index (χ0v) is 14.0. The second kappa shape index (κ2) is 8.03. The van der Waals surface area contributed by atoms with Gasteiger partial charge in [-0.1, -0.05) is 73.5 Å². The maximum Gasteiger partial charge on any atom is 0.257 e. The van der Waals surface area contributed by atoms with E-state index in [0.717, 1.165) is 29.0 Å². The van der Waals surface area contributed by atoms with Crippen LogP contribution >= 0.6 is 0 Å². The van der Waals surface area contributed by atoms with E-state index in [4.69, 9.17) is 0 Å². The molecule has 0 bridgehead atoms. The highest BCUT2D eigenvalue weighted by Crippen LogP contribution is 2.31. The third kappa shape index (κ3) is 3.77. The molecule has 1 saturated carbocycles. The van der Waals surface area contributed by atoms with Crippen LogP contribution < -0.4 is 0 Å². The molecule has 1 N–H and O–H groups in total. The first-order valence-electron chi connectivity index (χ1n) is 8.66. The molecular formula is C20H22N2O3. The van der Waals surface area contributed by atoms with Crippen molar-refractivity contribution in [3.05, 3.63) is 76.7 Å². The molecular weight excluding hydrogens is 316 g/mol. The second-order valence-electron chi connectivity index (χ2n) is 6.44. The van der Waals surface area contributed by atoms with Crippen molar-refractivity contribution in [3.8, 4) is 0 Å². The van der Waals surface area contributed by atoms with Gasteiger partial charge in [0.1, 0.15) is 0 Å². The molecule has 1 aliphatic rings. The van der Waals surface area contributed by atoms with Crippen LogP contribution in [0.25, 0.3) is 0 Å². The van der Waals surface area contributed by atoms with Gasteiger partial charge >= 0.3 is 0 Å². The molecule has 0 radical (unpaired) electrons. The molecule has 0 aromatic heterocycles. The predicted octanol–water partition coefficient (Wildman–Crippen LogP) is 3.63. The van der Waals surface area contributed by atoms with E-state index >= 15 is 0 Å². The van der Waals surface area contributed by atoms with Crippen molar-refractivity contribution in [3.63, 3.8) is 0 Å². The summed E-state index contributed by atoms with van der Waals surface area (Å²) in [4.78, 5) is 24.7. The average molecular weight is 338 g/mol. The van der Waals surface area contributed by atoms with Gasteiger partial charge in [0.25, 0.3) is 5.91 Å². The molecule has 0 spiro atoms. The van der Waals surface area contributed by atoms with Crippen LogP contribution in [0.4, 0.5) is 0 Å². The molecule has 1 fully saturated rings. The van der Waals surface area contributed by atoms with E-state index < -0.39 is 24.0 Å². The van der Waals surface area contributed by atoms with Crippen LogP contribution in [-0.2, 0) is 4.79 Å². The van der Waals surface area contributed by atoms with Crippen molar-refractivity contribution >= 4 is 5.91 Å². The molecule has 5 heteroatoms. The van der Waals surface area contributed by atoms with Gasteiger partial charge in [-0.05, 0) is 24.0 Å². The number of aliphatic hydroxyl groups is 1. The Bertz CT molecular complexity index is 666. The highest BCUT2D eigenvalue weighted by atomic mass is 16.3. The Morgan fingerprint density at radius 1 is 0.960 bits per heavy atom. The Morgan fingerprint density at radius 2 is 1.48 bits per heavy atom. The van der Waals surface area contributed by atoms with Crippen LogP contribution in [0.2, 0.25) is 0 Å². The molecule has 0 heterocycles. The summed E-state index contributed by atoms with van der Waals surface area (Å²) in [7, 11) is 0. The van der Waals surface area contributed by atoms with Crippen molar-refractivity contribution in [2.75, 3.05) is 0 Å². The molecule has 130 valence electrons. The Morgan fingerprint density at radius 3 is 1.96 bits per heavy atom. The number of aliphatic hydroxyl groups excluding tert-OH is 1. The van der Waals surface area contributed by atoms with Crippen LogP contribution in [0.1, 0.15) is 42.7 Å². The average Bonchev–Trinajstić information content (AvgIpc) is 2.66. The zero-order valence-electron chi connectivity index (χ0n) is 14.0. The Balaban J connectivity index is 1.97. The first kappa shape index (κ1) is 17.3. The van der Waals surface area contributed by atoms with Crippen molar-refractivity contribution in [1.82, 2.24) is 5.01 Å². The van der Waals surface area contributed by atoms with Crippen LogP contribution in [0.3, 0.4) is 0 Å². The lowest BCUT2D eigenvalue weighted by molar-refractivity contribution is -0.138. The second-order valence-corrected chi connectivity index (χ2v) is 6.44. The molecule has 1 unspecified atom stereocenters. The minimum absolute atomic E-state index is 0.390. The fourth-order valence-corrected chi connectivity index (χ4v) is 3.54. The van der Waals surface area contributed by atoms with Gasteiger partial charge in [0.2, 0.25) is 0 Å². The van der Waals surface area contributed by atoms with Crippen LogP contribution in [0.15, 0.2) is 65.9 Å². The molecule has 3 rings (SSSR count). The minimum Gasteiger partial charge on any atom is -0.391 e. The molecule has 2 atom stereocenters. The van der Waals surface area contributed by atoms with Crippen LogP contribution in [0.5, 0.6) is 0 Å². The van der Waals surface area contributed by atoms with E-state index in [1.807, 2.05) is 60.7 Å². The van der Waals surface area contributed by atoms with E-state index in [-0.39, 0.29) is 0 Å². The number of carbonyl (C=O) groups excluding carboxylic acids is 1. The van der Waals surface area contributed by atoms with Crippen LogP contribution in [0, 0.1) is 4.91 Å². The van der Waals surface area contributed by atoms with Crippen molar-refractivity contribution < 1.29 is 9.90 Å². The molecule has 0 saturated heterocycles. The number of amides is 1. The van der Waals surface area contributed by atoms with Gasteiger partial charge < -0.3 is 5.11 Å². The van der Waals surface area contributed by atoms with E-state index in [1.165, 1.54) is 0 Å². The summed E-state index contributed by atoms with van der Waals surface area (Å²) in [5, 5.41) is 14.2. The maximum absolute atomic E-state index is 13.2. The topological polar surface area (TPSA) is 70.0 Å². The number of carbonyl (C=O) groups is 1. The fraction of sp³-hybridized carbons (Fsp3) is 0.350. The van der Waals surface area contributed by atoms with Gasteiger partial charge in [-0.3, -0.25) is 4.79 Å². The zero-order chi connectivity index (χ0) is 17.6. The van der Waals surface area contributed by atoms with Gasteiger partial charge in [-0.2, -0.15) is 5.01 Å². The monoisotopic (exact) mass is 338 g/mol. The van der Waals surface area contributed by atoms with Gasteiger partial charge in [0.15, 0.2) is 0 Å². The first-order valence-corrected chi connectivity index (χ1v) is 8.66. The molecule has 2 aromatic carbocycles. The standard InChI is InChI=1S/C20H22N2O3/c23-18-14-8-7-13-17(18)22(21-25)20(24)19(15-9-3-1-4-10-15)16-11-5-2-6-12-16/h1-6,9-12,17-19,23H,7-8,13-14H2/t17?,18-/m1/s1. The number of benzene rings is 2. The third-order valence-corrected chi connectivity index (χ3v) is 4.83. The highest BCUT2D eigenvalue weighted by Gasteiger charge is 2.37. The van der Waals surface area contributed by atoms with Crippen LogP contribution in [-0.4, -0.2) is 28.2 Å². The normalized spacial score (nSPS) is 20.2. The summed E-state index contributed by atoms with van der Waals surface area (Å²) in [6.45, 7) is 0. The summed E-state index contributed by atoms with van der Waals surface area (Å²) >= 11 is 0. The molecule has 1 aliphatic carbocycles. The van der Waals surface area contributed by atoms with E-state index in [9.17, 15) is 14.8 Å². The summed E-state index contributed by atoms with van der Waals surface area (Å²) in [5.41, 5.74) is 1.61. The first-order chi connectivity index (χ1) is 12.2. The smallest absolute Gasteiger partial charge is 0.257 e. The molecule has 0 aliphatic heterocycles. The molecule has 5 nitrogen and oxygen atoms in total. The predicted molar refractivity (Wildman–Crippen MR) is 95.6 cm³/mol. The van der Waals surface area contributed by atoms with Crippen molar-refractivity contribution in [2.24, 2.45) is 5.29 Å². The SMILES string of the molecule is O=NN(C(=O)C(c1ccccc1)c1ccccc1)C1CCCC[C@H]1O. The van der Waals surface area contributed by atoms with E-state index in [1.54, 1.807) is 0 Å². The number of nitroso groups, excluding NO2 is 1. The Kier molecular flexibility index (Phi) is 5.56. The lowest BCUT2D eigenvalue weighted by atomic mass is 9.88. The lowest BCUT2D eigenvalue weighted by Crippen LogP contribution is -2.47. The summed E-state index contributed by atoms with van der Waals surface area (Å²) in [5.74, 6) is -1.01. The Hall–Kier alpha value is -2.53. The van der Waals surface area contributed by atoms with Crippen molar-refractivity contribution in [1.29, 1.82) is 0 Å². The van der Waals surface area contributed by atoms with Crippen molar-refractivity contribution in [2.45, 2.75) is 43.7 Å². The third-order valence-electron chi connectivity index (χ3n) is 4.83. The number of nitrogens with zero attached hydrogens (tertiary/aromatic N) is 2. The molecule has 2 aromatic rings. The fourth-order valence-electron chi connectivity index (χ4n) is 3.54. The minimum atomic E-state index is -0.706. The maximum atomic E-state index is 13.2. The van der Waals surface area contributed by atoms with E-state index in [2.05, 4.69) is 5.29 Å². The Labute approximate surface area is 147 Å². The number of rotatable bonds is 5. The molecule has 1 amide bonds. The molecule has 25 heavy (non-hydrogen) atoms. The quantitative estimate of drug-likeness (QED) is 0.668. The summed E-state index contributed by atoms with van der Waals surface area (Å²) in [6, 6.07) is 18.2. The summed E-state index contributed by atoms with van der Waals surface area (Å²) in [6.07, 6.45) is 2.25. The van der Waals surface area contributed by atoms with Gasteiger partial charge in [-0.25, -0.2) is 0 Å². The van der Waals surface area contributed by atoms with E-state index in [0.29, 0.717) is 12.8 Å². The lowest BCUT2D eigenvalue weighted by Gasteiger charge is -2.34. The summed E-state index contributed by atoms with van der Waals surface area (Å²) < 4.78 is 0. The van der Waals surface area contributed by atoms with Gasteiger partial charge in [0, 0.05) is 0 Å². The van der Waals surface area contributed by atoms with Gasteiger partial charge in [0.05, 0.1) is 23.3 Å². The van der Waals surface area contributed by atoms with Gasteiger partial charge in [-0.15, -0.1) is 4.91 Å². The highest BCUT2D eigenvalue weighted by molar-refractivity contribution is 5.87. The largest absolute Gasteiger partial charge is 0.391 e.